The summed E-state index contributed by atoms with van der Waals surface area (Å²) < 4.78 is 42.8. The van der Waals surface area contributed by atoms with Crippen molar-refractivity contribution in [3.05, 3.63) is 46.8 Å². The lowest BCUT2D eigenvalue weighted by molar-refractivity contribution is -0.137. The number of aromatic nitrogens is 2. The third-order valence-corrected chi connectivity index (χ3v) is 6.50. The van der Waals surface area contributed by atoms with E-state index in [1.165, 1.54) is 12.1 Å². The number of amides is 2. The molecule has 2 aliphatic rings. The van der Waals surface area contributed by atoms with Gasteiger partial charge in [-0.1, -0.05) is 10.3 Å². The van der Waals surface area contributed by atoms with E-state index in [9.17, 15) is 22.8 Å². The van der Waals surface area contributed by atoms with Crippen LogP contribution in [0.15, 0.2) is 28.9 Å². The first kappa shape index (κ1) is 21.3. The Kier molecular flexibility index (Phi) is 5.26. The highest BCUT2D eigenvalue weighted by molar-refractivity contribution is 5.94. The molecule has 10 heteroatoms. The summed E-state index contributed by atoms with van der Waals surface area (Å²) in [6.45, 7) is 3.07. The number of hydrogen-bond donors (Lipinski definition) is 0. The van der Waals surface area contributed by atoms with E-state index in [-0.39, 0.29) is 28.7 Å². The van der Waals surface area contributed by atoms with Gasteiger partial charge in [-0.15, -0.1) is 0 Å². The Labute approximate surface area is 177 Å². The Morgan fingerprint density at radius 3 is 2.39 bits per heavy atom. The van der Waals surface area contributed by atoms with Crippen LogP contribution in [0.2, 0.25) is 0 Å². The Balaban J connectivity index is 1.32. The molecule has 7 nitrogen and oxygen atoms in total. The highest BCUT2D eigenvalue weighted by Crippen LogP contribution is 2.60. The average molecular weight is 436 g/mol. The highest BCUT2D eigenvalue weighted by atomic mass is 19.4. The van der Waals surface area contributed by atoms with Crippen molar-refractivity contribution in [1.82, 2.24) is 20.1 Å². The van der Waals surface area contributed by atoms with Crippen molar-refractivity contribution in [2.24, 2.45) is 11.3 Å². The number of carbonyl (C=O) groups excluding carboxylic acids is 2. The number of likely N-dealkylation sites (tertiary alicyclic amines) is 1. The van der Waals surface area contributed by atoms with Gasteiger partial charge in [0.05, 0.1) is 12.1 Å². The van der Waals surface area contributed by atoms with Gasteiger partial charge in [-0.25, -0.2) is 4.63 Å². The summed E-state index contributed by atoms with van der Waals surface area (Å²) in [4.78, 5) is 28.8. The molecule has 0 radical (unpaired) electrons. The van der Waals surface area contributed by atoms with Gasteiger partial charge >= 0.3 is 6.18 Å². The first-order chi connectivity index (χ1) is 14.6. The van der Waals surface area contributed by atoms with Crippen LogP contribution in [-0.4, -0.2) is 52.1 Å². The van der Waals surface area contributed by atoms with Gasteiger partial charge in [0.1, 0.15) is 11.4 Å². The van der Waals surface area contributed by atoms with Crippen LogP contribution in [0.25, 0.3) is 0 Å². The smallest absolute Gasteiger partial charge is 0.339 e. The van der Waals surface area contributed by atoms with Crippen LogP contribution in [0.5, 0.6) is 0 Å². The lowest BCUT2D eigenvalue weighted by Crippen LogP contribution is -2.40. The van der Waals surface area contributed by atoms with E-state index in [0.717, 1.165) is 18.6 Å². The maximum absolute atomic E-state index is 12.8. The number of alkyl halides is 3. The summed E-state index contributed by atoms with van der Waals surface area (Å²) in [5.74, 6) is -0.316. The minimum absolute atomic E-state index is 0.0462. The van der Waals surface area contributed by atoms with Crippen LogP contribution in [-0.2, 0) is 17.5 Å². The van der Waals surface area contributed by atoms with E-state index >= 15 is 0 Å². The van der Waals surface area contributed by atoms with Gasteiger partial charge in [-0.2, -0.15) is 13.2 Å². The van der Waals surface area contributed by atoms with Crippen molar-refractivity contribution in [3.63, 3.8) is 0 Å². The number of rotatable bonds is 4. The number of halogens is 3. The number of hydrogen-bond acceptors (Lipinski definition) is 5. The number of nitrogens with zero attached hydrogens (tertiary/aromatic N) is 4. The zero-order chi connectivity index (χ0) is 22.4. The predicted molar refractivity (Wildman–Crippen MR) is 103 cm³/mol. The predicted octanol–water partition coefficient (Wildman–Crippen LogP) is 3.30. The fourth-order valence-corrected chi connectivity index (χ4v) is 4.35. The zero-order valence-corrected chi connectivity index (χ0v) is 17.3. The fourth-order valence-electron chi connectivity index (χ4n) is 4.35. The molecule has 2 amide bonds. The minimum atomic E-state index is -4.43. The monoisotopic (exact) mass is 436 g/mol. The van der Waals surface area contributed by atoms with Crippen LogP contribution in [0.3, 0.4) is 0 Å². The van der Waals surface area contributed by atoms with Crippen LogP contribution in [0, 0.1) is 18.3 Å². The third-order valence-electron chi connectivity index (χ3n) is 6.50. The Morgan fingerprint density at radius 2 is 1.84 bits per heavy atom. The highest BCUT2D eigenvalue weighted by Gasteiger charge is 2.59. The summed E-state index contributed by atoms with van der Waals surface area (Å²) in [5, 5.41) is 7.53. The second-order valence-electron chi connectivity index (χ2n) is 8.48. The van der Waals surface area contributed by atoms with Gasteiger partial charge < -0.3 is 9.80 Å². The molecule has 1 aliphatic heterocycles. The summed E-state index contributed by atoms with van der Waals surface area (Å²) in [5.41, 5.74) is 0.646. The Hall–Kier alpha value is -2.91. The molecule has 1 saturated heterocycles. The Morgan fingerprint density at radius 1 is 1.19 bits per heavy atom. The molecular weight excluding hydrogens is 413 g/mol. The van der Waals surface area contributed by atoms with E-state index in [2.05, 4.69) is 14.9 Å². The lowest BCUT2D eigenvalue weighted by Gasteiger charge is -2.33. The molecule has 2 aromatic rings. The second kappa shape index (κ2) is 7.65. The number of benzene rings is 1. The number of piperidine rings is 1. The van der Waals surface area contributed by atoms with Crippen LogP contribution in [0.4, 0.5) is 13.2 Å². The van der Waals surface area contributed by atoms with E-state index in [4.69, 9.17) is 0 Å². The summed E-state index contributed by atoms with van der Waals surface area (Å²) in [6.07, 6.45) is -2.24. The molecule has 4 rings (SSSR count). The molecule has 1 saturated carbocycles. The molecular formula is C21H23F3N4O3. The molecule has 1 aromatic carbocycles. The molecule has 0 unspecified atom stereocenters. The largest absolute Gasteiger partial charge is 0.416 e. The van der Waals surface area contributed by atoms with Crippen molar-refractivity contribution in [3.8, 4) is 0 Å². The standard InChI is InChI=1S/C21H23F3N4O3/c1-13-17(26-31-25-13)12-27(2)19(30)16-11-20(16)7-9-28(10-8-20)18(29)14-3-5-15(6-4-14)21(22,23)24/h3-6,16H,7-12H2,1-2H3/t16-/m0/s1. The molecule has 2 heterocycles. The first-order valence-electron chi connectivity index (χ1n) is 10.1. The van der Waals surface area contributed by atoms with Gasteiger partial charge in [0.25, 0.3) is 5.91 Å². The van der Waals surface area contributed by atoms with Gasteiger partial charge in [0, 0.05) is 31.6 Å². The topological polar surface area (TPSA) is 79.5 Å². The third kappa shape index (κ3) is 4.15. The van der Waals surface area contributed by atoms with E-state index in [1.54, 1.807) is 23.8 Å². The van der Waals surface area contributed by atoms with Gasteiger partial charge in [0.2, 0.25) is 5.91 Å². The molecule has 1 aromatic heterocycles. The van der Waals surface area contributed by atoms with Crippen LogP contribution < -0.4 is 0 Å². The van der Waals surface area contributed by atoms with Crippen molar-refractivity contribution in [2.75, 3.05) is 20.1 Å². The SMILES string of the molecule is Cc1nonc1CN(C)C(=O)[C@@H]1CC12CCN(C(=O)c1ccc(C(F)(F)F)cc1)CC2. The molecule has 0 N–H and O–H groups in total. The van der Waals surface area contributed by atoms with Gasteiger partial charge in [-0.3, -0.25) is 9.59 Å². The summed E-state index contributed by atoms with van der Waals surface area (Å²) in [7, 11) is 1.73. The minimum Gasteiger partial charge on any atom is -0.339 e. The van der Waals surface area contributed by atoms with Gasteiger partial charge in [-0.05, 0) is 55.9 Å². The van der Waals surface area contributed by atoms with Gasteiger partial charge in [0.15, 0.2) is 0 Å². The molecule has 1 aliphatic carbocycles. The first-order valence-corrected chi connectivity index (χ1v) is 10.1. The average Bonchev–Trinajstić information content (AvgIpc) is 3.29. The Bertz CT molecular complexity index is 979. The van der Waals surface area contributed by atoms with Crippen LogP contribution >= 0.6 is 0 Å². The molecule has 2 fully saturated rings. The van der Waals surface area contributed by atoms with Crippen molar-refractivity contribution >= 4 is 11.8 Å². The normalized spacial score (nSPS) is 20.0. The van der Waals surface area contributed by atoms with Crippen molar-refractivity contribution < 1.29 is 27.4 Å². The molecule has 1 atom stereocenters. The van der Waals surface area contributed by atoms with Crippen LogP contribution in [0.1, 0.15) is 46.6 Å². The maximum Gasteiger partial charge on any atom is 0.416 e. The molecule has 166 valence electrons. The second-order valence-corrected chi connectivity index (χ2v) is 8.48. The molecule has 0 bridgehead atoms. The van der Waals surface area contributed by atoms with E-state index in [0.29, 0.717) is 43.9 Å². The number of carbonyl (C=O) groups is 2. The fraction of sp³-hybridized carbons (Fsp3) is 0.524. The molecule has 1 spiro atoms. The van der Waals surface area contributed by atoms with E-state index < -0.39 is 11.7 Å². The number of aryl methyl sites for hydroxylation is 1. The quantitative estimate of drug-likeness (QED) is 0.735. The molecule has 31 heavy (non-hydrogen) atoms. The van der Waals surface area contributed by atoms with Crippen molar-refractivity contribution in [2.45, 2.75) is 38.9 Å². The van der Waals surface area contributed by atoms with Crippen molar-refractivity contribution in [1.29, 1.82) is 0 Å². The van der Waals surface area contributed by atoms with E-state index in [1.807, 2.05) is 0 Å². The zero-order valence-electron chi connectivity index (χ0n) is 17.3. The summed E-state index contributed by atoms with van der Waals surface area (Å²) >= 11 is 0. The lowest BCUT2D eigenvalue weighted by atomic mass is 9.90. The maximum atomic E-state index is 12.8. The summed E-state index contributed by atoms with van der Waals surface area (Å²) in [6, 6.07) is 4.29.